The highest BCUT2D eigenvalue weighted by atomic mass is 16.1. The van der Waals surface area contributed by atoms with E-state index < -0.39 is 0 Å². The van der Waals surface area contributed by atoms with E-state index in [1.54, 1.807) is 0 Å². The zero-order valence-corrected chi connectivity index (χ0v) is 5.39. The maximum absolute atomic E-state index is 10.8. The van der Waals surface area contributed by atoms with E-state index in [1.807, 2.05) is 0 Å². The molecule has 0 aliphatic heterocycles. The van der Waals surface area contributed by atoms with Crippen molar-refractivity contribution in [2.24, 2.45) is 5.92 Å². The van der Waals surface area contributed by atoms with Crippen LogP contribution in [-0.4, -0.2) is 5.91 Å². The zero-order chi connectivity index (χ0) is 6.69. The molecule has 1 N–H and O–H groups in total. The first-order chi connectivity index (χ1) is 4.34. The lowest BCUT2D eigenvalue weighted by molar-refractivity contribution is -0.123. The van der Waals surface area contributed by atoms with Gasteiger partial charge < -0.3 is 5.32 Å². The molecule has 2 radical (unpaired) electrons. The smallest absolute Gasteiger partial charge is 0.223 e. The van der Waals surface area contributed by atoms with Gasteiger partial charge in [0.15, 0.2) is 0 Å². The van der Waals surface area contributed by atoms with E-state index in [4.69, 9.17) is 7.05 Å². The van der Waals surface area contributed by atoms with E-state index in [0.717, 1.165) is 12.8 Å². The summed E-state index contributed by atoms with van der Waals surface area (Å²) < 4.78 is 0. The van der Waals surface area contributed by atoms with Gasteiger partial charge in [0, 0.05) is 5.92 Å². The van der Waals surface area contributed by atoms with E-state index in [9.17, 15) is 4.79 Å². The molecule has 1 fully saturated rings. The molecule has 1 aliphatic carbocycles. The number of carbonyl (C=O) groups excluding carboxylic acids is 1. The molecular weight excluding hydrogens is 114 g/mol. The third kappa shape index (κ3) is 1.44. The molecule has 0 aromatic heterocycles. The first-order valence-electron chi connectivity index (χ1n) is 3.35. The van der Waals surface area contributed by atoms with Crippen LogP contribution in [0.1, 0.15) is 25.7 Å². The van der Waals surface area contributed by atoms with Gasteiger partial charge in [0.05, 0.1) is 7.05 Å². The van der Waals surface area contributed by atoms with Gasteiger partial charge in [0.1, 0.15) is 0 Å². The Morgan fingerprint density at radius 2 is 2.00 bits per heavy atom. The summed E-state index contributed by atoms with van der Waals surface area (Å²) in [6.45, 7) is 0. The summed E-state index contributed by atoms with van der Waals surface area (Å²) in [5.41, 5.74) is 0. The van der Waals surface area contributed by atoms with Gasteiger partial charge in [-0.05, 0) is 12.8 Å². The third-order valence-electron chi connectivity index (χ3n) is 1.87. The van der Waals surface area contributed by atoms with Gasteiger partial charge >= 0.3 is 0 Å². The Morgan fingerprint density at radius 3 is 2.44 bits per heavy atom. The number of rotatable bonds is 1. The van der Waals surface area contributed by atoms with Crippen LogP contribution in [-0.2, 0) is 4.79 Å². The molecule has 0 aromatic carbocycles. The van der Waals surface area contributed by atoms with Crippen LogP contribution in [0.4, 0.5) is 0 Å². The molecule has 2 heteroatoms. The topological polar surface area (TPSA) is 29.1 Å². The predicted octanol–water partition coefficient (Wildman–Crippen LogP) is 0.961. The van der Waals surface area contributed by atoms with Crippen molar-refractivity contribution in [1.29, 1.82) is 0 Å². The molecule has 9 heavy (non-hydrogen) atoms. The molecule has 0 saturated heterocycles. The van der Waals surface area contributed by atoms with Gasteiger partial charge in [-0.15, -0.1) is 0 Å². The van der Waals surface area contributed by atoms with Crippen LogP contribution in [0.25, 0.3) is 0 Å². The number of hydrogen-bond donors (Lipinski definition) is 1. The van der Waals surface area contributed by atoms with Crippen molar-refractivity contribution < 1.29 is 4.79 Å². The lowest BCUT2D eigenvalue weighted by Crippen LogP contribution is -2.23. The minimum atomic E-state index is 0.00694. The largest absolute Gasteiger partial charge is 0.349 e. The maximum Gasteiger partial charge on any atom is 0.223 e. The van der Waals surface area contributed by atoms with Crippen molar-refractivity contribution >= 4 is 5.91 Å². The highest BCUT2D eigenvalue weighted by Gasteiger charge is 2.20. The molecule has 0 atom stereocenters. The molecule has 1 saturated carbocycles. The van der Waals surface area contributed by atoms with Crippen molar-refractivity contribution in [2.45, 2.75) is 25.7 Å². The average Bonchev–Trinajstić information content (AvgIpc) is 2.37. The molecule has 0 spiro atoms. The van der Waals surface area contributed by atoms with Crippen molar-refractivity contribution in [3.8, 4) is 0 Å². The Bertz CT molecular complexity index is 105. The fourth-order valence-electron chi connectivity index (χ4n) is 1.31. The zero-order valence-electron chi connectivity index (χ0n) is 5.39. The summed E-state index contributed by atoms with van der Waals surface area (Å²) >= 11 is 0. The first kappa shape index (κ1) is 6.59. The van der Waals surface area contributed by atoms with Gasteiger partial charge in [-0.2, -0.15) is 0 Å². The number of nitrogens with one attached hydrogen (secondary N) is 1. The molecule has 1 rings (SSSR count). The Balaban J connectivity index is 2.32. The van der Waals surface area contributed by atoms with Crippen molar-refractivity contribution in [3.05, 3.63) is 7.05 Å². The van der Waals surface area contributed by atoms with Gasteiger partial charge in [-0.1, -0.05) is 12.8 Å². The fourth-order valence-corrected chi connectivity index (χ4v) is 1.31. The van der Waals surface area contributed by atoms with Gasteiger partial charge in [-0.25, -0.2) is 0 Å². The molecule has 50 valence electrons. The van der Waals surface area contributed by atoms with Crippen LogP contribution in [0.2, 0.25) is 0 Å². The van der Waals surface area contributed by atoms with E-state index in [0.29, 0.717) is 0 Å². The number of amides is 1. The maximum atomic E-state index is 10.8. The van der Waals surface area contributed by atoms with E-state index in [2.05, 4.69) is 5.32 Å². The summed E-state index contributed by atoms with van der Waals surface area (Å²) in [7, 11) is 4.95. The van der Waals surface area contributed by atoms with Crippen molar-refractivity contribution in [1.82, 2.24) is 5.32 Å². The monoisotopic (exact) mass is 125 g/mol. The lowest BCUT2D eigenvalue weighted by atomic mass is 10.1. The van der Waals surface area contributed by atoms with E-state index in [-0.39, 0.29) is 11.8 Å². The second-order valence-corrected chi connectivity index (χ2v) is 2.49. The summed E-state index contributed by atoms with van der Waals surface area (Å²) in [5, 5.41) is 2.17. The van der Waals surface area contributed by atoms with Crippen molar-refractivity contribution in [3.63, 3.8) is 0 Å². The Kier molecular flexibility index (Phi) is 2.09. The normalized spacial score (nSPS) is 20.1. The molecular formula is C7H11NO. The molecule has 2 nitrogen and oxygen atoms in total. The minimum absolute atomic E-state index is 0.00694. The second-order valence-electron chi connectivity index (χ2n) is 2.49. The highest BCUT2D eigenvalue weighted by Crippen LogP contribution is 2.24. The van der Waals surface area contributed by atoms with Crippen LogP contribution in [0.15, 0.2) is 0 Å². The molecule has 1 aliphatic rings. The van der Waals surface area contributed by atoms with E-state index in [1.165, 1.54) is 12.8 Å². The van der Waals surface area contributed by atoms with Gasteiger partial charge in [-0.3, -0.25) is 4.79 Å². The van der Waals surface area contributed by atoms with Gasteiger partial charge in [0.2, 0.25) is 5.91 Å². The van der Waals surface area contributed by atoms with E-state index >= 15 is 0 Å². The third-order valence-corrected chi connectivity index (χ3v) is 1.87. The Labute approximate surface area is 55.6 Å². The molecule has 0 heterocycles. The molecule has 1 amide bonds. The number of carbonyl (C=O) groups is 1. The average molecular weight is 125 g/mol. The van der Waals surface area contributed by atoms with Crippen LogP contribution in [0, 0.1) is 13.0 Å². The lowest BCUT2D eigenvalue weighted by Gasteiger charge is -2.04. The summed E-state index contributed by atoms with van der Waals surface area (Å²) in [5.74, 6) is 0.211. The van der Waals surface area contributed by atoms with Crippen LogP contribution < -0.4 is 5.32 Å². The summed E-state index contributed by atoms with van der Waals surface area (Å²) in [6.07, 6.45) is 4.39. The molecule has 0 unspecified atom stereocenters. The highest BCUT2D eigenvalue weighted by molar-refractivity contribution is 5.78. The Hall–Kier alpha value is -0.530. The van der Waals surface area contributed by atoms with Gasteiger partial charge in [0.25, 0.3) is 0 Å². The molecule has 0 bridgehead atoms. The quantitative estimate of drug-likeness (QED) is 0.520. The number of hydrogen-bond acceptors (Lipinski definition) is 1. The second kappa shape index (κ2) is 2.85. The van der Waals surface area contributed by atoms with Crippen molar-refractivity contribution in [2.75, 3.05) is 0 Å². The van der Waals surface area contributed by atoms with Crippen LogP contribution in [0.5, 0.6) is 0 Å². The summed E-state index contributed by atoms with van der Waals surface area (Å²) in [4.78, 5) is 10.8. The predicted molar refractivity (Wildman–Crippen MR) is 34.4 cm³/mol. The first-order valence-corrected chi connectivity index (χ1v) is 3.35. The fraction of sp³-hybridized carbons (Fsp3) is 0.714. The minimum Gasteiger partial charge on any atom is -0.349 e. The molecule has 0 aromatic rings. The Morgan fingerprint density at radius 1 is 1.44 bits per heavy atom. The standard InChI is InChI=1S/C7H11NO/c1-8-7(9)6-4-2-3-5-6/h1,6H,2-5H2,(H,8,9). The van der Waals surface area contributed by atoms with Crippen LogP contribution in [0.3, 0.4) is 0 Å². The SMILES string of the molecule is [CH]NC(=O)C1CCCC1. The van der Waals surface area contributed by atoms with Crippen LogP contribution >= 0.6 is 0 Å². The summed E-state index contributed by atoms with van der Waals surface area (Å²) in [6, 6.07) is 0.